The molecule has 1 heterocycles. The highest BCUT2D eigenvalue weighted by Crippen LogP contribution is 2.36. The Balaban J connectivity index is 1.77. The number of nitrogens with one attached hydrogen (secondary N) is 1. The van der Waals surface area contributed by atoms with Gasteiger partial charge in [-0.1, -0.05) is 67.6 Å². The lowest BCUT2D eigenvalue weighted by Gasteiger charge is -2.31. The Morgan fingerprint density at radius 2 is 1.66 bits per heavy atom. The summed E-state index contributed by atoms with van der Waals surface area (Å²) in [6.45, 7) is 2.16. The van der Waals surface area contributed by atoms with Crippen LogP contribution in [0, 0.1) is 0 Å². The van der Waals surface area contributed by atoms with Crippen LogP contribution >= 0.6 is 0 Å². The standard InChI is InChI=1S/C25H26N2O2/c1-3-17-12-14-18(15-13-17)21-16-22(19-8-4-6-10-23(19)28)27-25(26-21)20-9-5-7-11-24(20)29-2/h4-15,22,25,27-28H,3,16H2,1-2H3/t22-,25+/m0/s1. The van der Waals surface area contributed by atoms with Crippen molar-refractivity contribution in [3.63, 3.8) is 0 Å². The minimum absolute atomic E-state index is 0.0514. The van der Waals surface area contributed by atoms with Crippen molar-refractivity contribution in [2.24, 2.45) is 4.99 Å². The highest BCUT2D eigenvalue weighted by atomic mass is 16.5. The van der Waals surface area contributed by atoms with Crippen molar-refractivity contribution < 1.29 is 9.84 Å². The van der Waals surface area contributed by atoms with Gasteiger partial charge < -0.3 is 9.84 Å². The predicted octanol–water partition coefficient (Wildman–Crippen LogP) is 5.19. The van der Waals surface area contributed by atoms with Crippen molar-refractivity contribution in [3.8, 4) is 11.5 Å². The Morgan fingerprint density at radius 3 is 2.34 bits per heavy atom. The van der Waals surface area contributed by atoms with Gasteiger partial charge in [0, 0.05) is 29.3 Å². The zero-order chi connectivity index (χ0) is 20.2. The number of aliphatic imine (C=N–C) groups is 1. The van der Waals surface area contributed by atoms with Crippen LogP contribution in [0.4, 0.5) is 0 Å². The summed E-state index contributed by atoms with van der Waals surface area (Å²) in [5.41, 5.74) is 5.31. The van der Waals surface area contributed by atoms with Crippen molar-refractivity contribution in [2.45, 2.75) is 32.0 Å². The molecule has 0 bridgehead atoms. The summed E-state index contributed by atoms with van der Waals surface area (Å²) in [6, 6.07) is 24.0. The number of ether oxygens (including phenoxy) is 1. The number of hydrogen-bond acceptors (Lipinski definition) is 4. The van der Waals surface area contributed by atoms with Gasteiger partial charge in [0.2, 0.25) is 0 Å². The molecular weight excluding hydrogens is 360 g/mol. The molecule has 2 atom stereocenters. The first-order chi connectivity index (χ1) is 14.2. The van der Waals surface area contributed by atoms with E-state index in [1.54, 1.807) is 13.2 Å². The zero-order valence-corrected chi connectivity index (χ0v) is 16.8. The van der Waals surface area contributed by atoms with Gasteiger partial charge in [-0.25, -0.2) is 0 Å². The van der Waals surface area contributed by atoms with E-state index in [1.807, 2.05) is 42.5 Å². The van der Waals surface area contributed by atoms with E-state index in [0.29, 0.717) is 12.2 Å². The molecule has 148 valence electrons. The topological polar surface area (TPSA) is 53.8 Å². The third-order valence-electron chi connectivity index (χ3n) is 5.48. The van der Waals surface area contributed by atoms with Gasteiger partial charge in [0.25, 0.3) is 0 Å². The molecule has 4 heteroatoms. The van der Waals surface area contributed by atoms with E-state index in [9.17, 15) is 5.11 Å². The number of hydrogen-bond donors (Lipinski definition) is 2. The number of aromatic hydroxyl groups is 1. The van der Waals surface area contributed by atoms with Crippen LogP contribution in [0.3, 0.4) is 0 Å². The Hall–Kier alpha value is -3.11. The summed E-state index contributed by atoms with van der Waals surface area (Å²) in [5.74, 6) is 1.10. The molecule has 0 saturated carbocycles. The van der Waals surface area contributed by atoms with Gasteiger partial charge in [-0.2, -0.15) is 0 Å². The second-order valence-corrected chi connectivity index (χ2v) is 7.25. The highest BCUT2D eigenvalue weighted by Gasteiger charge is 2.28. The van der Waals surface area contributed by atoms with E-state index in [2.05, 4.69) is 36.5 Å². The van der Waals surface area contributed by atoms with E-state index in [1.165, 1.54) is 5.56 Å². The van der Waals surface area contributed by atoms with Gasteiger partial charge in [-0.15, -0.1) is 0 Å². The fraction of sp³-hybridized carbons (Fsp3) is 0.240. The highest BCUT2D eigenvalue weighted by molar-refractivity contribution is 6.01. The maximum absolute atomic E-state index is 10.4. The summed E-state index contributed by atoms with van der Waals surface area (Å²) in [6.07, 6.45) is 1.46. The SMILES string of the molecule is CCc1ccc(C2=N[C@@H](c3ccccc3OC)N[C@H](c3ccccc3O)C2)cc1. The smallest absolute Gasteiger partial charge is 0.129 e. The molecule has 1 aliphatic heterocycles. The first-order valence-electron chi connectivity index (χ1n) is 10.0. The largest absolute Gasteiger partial charge is 0.508 e. The Bertz CT molecular complexity index is 1010. The lowest BCUT2D eigenvalue weighted by molar-refractivity contribution is 0.381. The van der Waals surface area contributed by atoms with Crippen LogP contribution in [0.2, 0.25) is 0 Å². The molecule has 0 aromatic heterocycles. The fourth-order valence-corrected chi connectivity index (χ4v) is 3.85. The molecule has 0 spiro atoms. The first kappa shape index (κ1) is 19.2. The summed E-state index contributed by atoms with van der Waals surface area (Å²) in [4.78, 5) is 5.04. The molecule has 0 unspecified atom stereocenters. The van der Waals surface area contributed by atoms with Crippen LogP contribution in [-0.4, -0.2) is 17.9 Å². The molecule has 3 aromatic rings. The molecule has 3 aromatic carbocycles. The number of phenols is 1. The Kier molecular flexibility index (Phi) is 5.63. The number of methoxy groups -OCH3 is 1. The molecule has 2 N–H and O–H groups in total. The molecule has 0 fully saturated rings. The van der Waals surface area contributed by atoms with Crippen LogP contribution in [0.25, 0.3) is 0 Å². The minimum Gasteiger partial charge on any atom is -0.508 e. The second-order valence-electron chi connectivity index (χ2n) is 7.25. The van der Waals surface area contributed by atoms with Gasteiger partial charge in [0.1, 0.15) is 17.7 Å². The van der Waals surface area contributed by atoms with Crippen molar-refractivity contribution in [3.05, 3.63) is 95.1 Å². The van der Waals surface area contributed by atoms with Crippen molar-refractivity contribution in [2.75, 3.05) is 7.11 Å². The number of nitrogens with zero attached hydrogens (tertiary/aromatic N) is 1. The molecule has 4 nitrogen and oxygen atoms in total. The summed E-state index contributed by atoms with van der Waals surface area (Å²) in [5, 5.41) is 14.0. The van der Waals surface area contributed by atoms with Crippen LogP contribution < -0.4 is 10.1 Å². The second kappa shape index (κ2) is 8.50. The molecule has 0 radical (unpaired) electrons. The average molecular weight is 386 g/mol. The van der Waals surface area contributed by atoms with Crippen LogP contribution in [0.5, 0.6) is 11.5 Å². The number of benzene rings is 3. The number of aryl methyl sites for hydroxylation is 1. The average Bonchev–Trinajstić information content (AvgIpc) is 2.79. The van der Waals surface area contributed by atoms with Gasteiger partial charge in [0.15, 0.2) is 0 Å². The number of phenolic OH excluding ortho intramolecular Hbond substituents is 1. The van der Waals surface area contributed by atoms with E-state index >= 15 is 0 Å². The molecule has 0 saturated heterocycles. The van der Waals surface area contributed by atoms with Gasteiger partial charge >= 0.3 is 0 Å². The molecular formula is C25H26N2O2. The van der Waals surface area contributed by atoms with Crippen molar-refractivity contribution in [1.82, 2.24) is 5.32 Å². The van der Waals surface area contributed by atoms with E-state index in [-0.39, 0.29) is 12.2 Å². The van der Waals surface area contributed by atoms with Crippen LogP contribution in [0.15, 0.2) is 77.8 Å². The van der Waals surface area contributed by atoms with Crippen molar-refractivity contribution in [1.29, 1.82) is 0 Å². The molecule has 0 amide bonds. The fourth-order valence-electron chi connectivity index (χ4n) is 3.85. The lowest BCUT2D eigenvalue weighted by Crippen LogP contribution is -2.33. The maximum Gasteiger partial charge on any atom is 0.129 e. The summed E-state index contributed by atoms with van der Waals surface area (Å²) < 4.78 is 5.58. The van der Waals surface area contributed by atoms with E-state index in [4.69, 9.17) is 9.73 Å². The third kappa shape index (κ3) is 4.03. The first-order valence-corrected chi connectivity index (χ1v) is 10.0. The molecule has 0 aliphatic carbocycles. The van der Waals surface area contributed by atoms with Gasteiger partial charge in [0.05, 0.1) is 7.11 Å². The summed E-state index contributed by atoms with van der Waals surface area (Å²) >= 11 is 0. The maximum atomic E-state index is 10.4. The van der Waals surface area contributed by atoms with Crippen LogP contribution in [0.1, 0.15) is 47.8 Å². The Labute approximate surface area is 171 Å². The minimum atomic E-state index is -0.259. The quantitative estimate of drug-likeness (QED) is 0.635. The molecule has 29 heavy (non-hydrogen) atoms. The zero-order valence-electron chi connectivity index (χ0n) is 16.8. The van der Waals surface area contributed by atoms with Gasteiger partial charge in [-0.05, 0) is 29.7 Å². The third-order valence-corrected chi connectivity index (χ3v) is 5.48. The normalized spacial score (nSPS) is 18.9. The Morgan fingerprint density at radius 1 is 0.966 bits per heavy atom. The number of para-hydroxylation sites is 2. The summed E-state index contributed by atoms with van der Waals surface area (Å²) in [7, 11) is 1.68. The van der Waals surface area contributed by atoms with Gasteiger partial charge in [-0.3, -0.25) is 10.3 Å². The molecule has 1 aliphatic rings. The molecule has 4 rings (SSSR count). The number of rotatable bonds is 5. The van der Waals surface area contributed by atoms with Crippen molar-refractivity contribution >= 4 is 5.71 Å². The predicted molar refractivity (Wildman–Crippen MR) is 117 cm³/mol. The lowest BCUT2D eigenvalue weighted by atomic mass is 9.93. The van der Waals surface area contributed by atoms with E-state index in [0.717, 1.165) is 34.6 Å². The van der Waals surface area contributed by atoms with Crippen LogP contribution in [-0.2, 0) is 6.42 Å². The monoisotopic (exact) mass is 386 g/mol. The van der Waals surface area contributed by atoms with E-state index < -0.39 is 0 Å².